The van der Waals surface area contributed by atoms with Gasteiger partial charge in [-0.15, -0.1) is 0 Å². The average Bonchev–Trinajstić information content (AvgIpc) is 3.47. The van der Waals surface area contributed by atoms with Crippen molar-refractivity contribution in [2.45, 2.75) is 69.6 Å². The molecule has 12 heteroatoms. The Hall–Kier alpha value is -3.66. The Morgan fingerprint density at radius 1 is 1.16 bits per heavy atom. The molecule has 2 saturated heterocycles. The highest BCUT2D eigenvalue weighted by atomic mass is 32.2. The van der Waals surface area contributed by atoms with Crippen LogP contribution in [0.1, 0.15) is 64.6 Å². The number of nitrogens with zero attached hydrogens (tertiary/aromatic N) is 3. The Morgan fingerprint density at radius 2 is 1.91 bits per heavy atom. The molecule has 0 saturated carbocycles. The molecule has 232 valence electrons. The summed E-state index contributed by atoms with van der Waals surface area (Å²) in [4.78, 5) is 30.0. The van der Waals surface area contributed by atoms with Gasteiger partial charge in [-0.25, -0.2) is 0 Å². The number of esters is 2. The summed E-state index contributed by atoms with van der Waals surface area (Å²) in [5.41, 5.74) is 4.70. The number of nitriles is 1. The van der Waals surface area contributed by atoms with Gasteiger partial charge in [-0.3, -0.25) is 19.4 Å². The Labute approximate surface area is 259 Å². The quantitative estimate of drug-likeness (QED) is 0.386. The second kappa shape index (κ2) is 10.5. The zero-order valence-corrected chi connectivity index (χ0v) is 26.3. The molecule has 0 radical (unpaired) electrons. The molecule has 11 nitrogen and oxygen atoms in total. The third kappa shape index (κ3) is 3.95. The van der Waals surface area contributed by atoms with Crippen molar-refractivity contribution >= 4 is 23.7 Å². The lowest BCUT2D eigenvalue weighted by Gasteiger charge is -2.61. The molecule has 2 fully saturated rings. The second-order valence-corrected chi connectivity index (χ2v) is 13.5. The largest absolute Gasteiger partial charge is 0.504 e. The fourth-order valence-corrected chi connectivity index (χ4v) is 9.58. The molecule has 0 aliphatic carbocycles. The number of piperazine rings is 1. The highest BCUT2D eigenvalue weighted by Gasteiger charge is 2.60. The number of benzene rings is 2. The van der Waals surface area contributed by atoms with E-state index in [0.29, 0.717) is 46.3 Å². The van der Waals surface area contributed by atoms with Crippen LogP contribution in [0, 0.1) is 31.1 Å². The summed E-state index contributed by atoms with van der Waals surface area (Å²) in [5.74, 6) is 1.17. The first-order chi connectivity index (χ1) is 21.1. The molecule has 44 heavy (non-hydrogen) atoms. The molecular weight excluding hydrogens is 586 g/mol. The Balaban J connectivity index is 1.56. The lowest BCUT2D eigenvalue weighted by molar-refractivity contribution is -0.153. The van der Waals surface area contributed by atoms with E-state index >= 15 is 0 Å². The molecule has 1 N–H and O–H groups in total. The summed E-state index contributed by atoms with van der Waals surface area (Å²) in [6.07, 6.45) is 0.542. The minimum atomic E-state index is -0.606. The van der Waals surface area contributed by atoms with Gasteiger partial charge in [-0.1, -0.05) is 13.0 Å². The van der Waals surface area contributed by atoms with Gasteiger partial charge in [0.05, 0.1) is 36.4 Å². The number of hydrogen-bond donors (Lipinski definition) is 1. The van der Waals surface area contributed by atoms with Gasteiger partial charge in [0, 0.05) is 47.0 Å². The number of carbonyl (C=O) groups excluding carboxylic acids is 2. The summed E-state index contributed by atoms with van der Waals surface area (Å²) in [5, 5.41) is 22.2. The monoisotopic (exact) mass is 621 g/mol. The van der Waals surface area contributed by atoms with Crippen LogP contribution in [0.25, 0.3) is 0 Å². The van der Waals surface area contributed by atoms with Gasteiger partial charge in [-0.05, 0) is 38.4 Å². The highest BCUT2D eigenvalue weighted by molar-refractivity contribution is 7.99. The molecule has 5 aliphatic rings. The molecule has 7 atom stereocenters. The maximum Gasteiger partial charge on any atom is 0.309 e. The smallest absolute Gasteiger partial charge is 0.309 e. The second-order valence-electron chi connectivity index (χ2n) is 12.3. The third-order valence-corrected chi connectivity index (χ3v) is 11.4. The number of likely N-dealkylation sites (N-methyl/N-ethyl adjacent to an activating group) is 1. The number of thioether (sulfide) groups is 1. The van der Waals surface area contributed by atoms with Gasteiger partial charge < -0.3 is 28.8 Å². The fraction of sp³-hybridized carbons (Fsp3) is 0.531. The molecule has 2 aromatic carbocycles. The zero-order chi connectivity index (χ0) is 31.2. The standard InChI is InChI=1S/C32H35N3O8S/c1-13-7-17-8-18-19(9-33)35-20-10-40-32(38)14(2)11-44-31(25(35)24(34(18)5)21(17)26(37)27(13)39-6)23-22(20)30-29(41-12-42-30)15(3)28(23)43-16(4)36/h7,14,18-20,24-25,31,37H,8,10-12H2,1-6H3/t14-,18-,19-,20-,24+,25+,31-/m0/s1. The number of phenolic OH excluding ortho intramolecular Hbond substituents is 1. The first-order valence-electron chi connectivity index (χ1n) is 14.8. The van der Waals surface area contributed by atoms with E-state index in [1.807, 2.05) is 27.8 Å². The number of phenols is 1. The molecule has 0 spiro atoms. The number of rotatable bonds is 2. The van der Waals surface area contributed by atoms with Crippen LogP contribution in [0.5, 0.6) is 28.7 Å². The molecule has 5 heterocycles. The van der Waals surface area contributed by atoms with Crippen molar-refractivity contribution in [1.82, 2.24) is 9.80 Å². The van der Waals surface area contributed by atoms with E-state index in [1.54, 1.807) is 18.9 Å². The van der Waals surface area contributed by atoms with Crippen LogP contribution in [0.15, 0.2) is 6.07 Å². The minimum absolute atomic E-state index is 0.00697. The lowest BCUT2D eigenvalue weighted by Crippen LogP contribution is -2.69. The van der Waals surface area contributed by atoms with E-state index in [0.717, 1.165) is 22.3 Å². The zero-order valence-electron chi connectivity index (χ0n) is 25.5. The Kier molecular flexibility index (Phi) is 6.91. The molecule has 0 aromatic heterocycles. The molecule has 7 rings (SSSR count). The summed E-state index contributed by atoms with van der Waals surface area (Å²) in [6.45, 7) is 6.93. The van der Waals surface area contributed by atoms with E-state index in [2.05, 4.69) is 21.9 Å². The van der Waals surface area contributed by atoms with Crippen LogP contribution in [0.2, 0.25) is 0 Å². The van der Waals surface area contributed by atoms with Crippen molar-refractivity contribution in [2.24, 2.45) is 5.92 Å². The molecule has 4 bridgehead atoms. The Morgan fingerprint density at radius 3 is 2.61 bits per heavy atom. The van der Waals surface area contributed by atoms with E-state index in [4.69, 9.17) is 23.7 Å². The maximum absolute atomic E-state index is 13.1. The van der Waals surface area contributed by atoms with E-state index < -0.39 is 18.1 Å². The molecular formula is C32H35N3O8S. The normalized spacial score (nSPS) is 30.4. The molecule has 5 aliphatic heterocycles. The van der Waals surface area contributed by atoms with Gasteiger partial charge in [0.1, 0.15) is 18.4 Å². The van der Waals surface area contributed by atoms with Crippen molar-refractivity contribution < 1.29 is 38.4 Å². The van der Waals surface area contributed by atoms with Crippen LogP contribution in [0.4, 0.5) is 0 Å². The predicted octanol–water partition coefficient (Wildman–Crippen LogP) is 3.87. The number of fused-ring (bicyclic) bond motifs is 9. The highest BCUT2D eigenvalue weighted by Crippen LogP contribution is 2.64. The van der Waals surface area contributed by atoms with Crippen LogP contribution in [-0.2, 0) is 20.7 Å². The number of methoxy groups -OCH3 is 1. The van der Waals surface area contributed by atoms with Gasteiger partial charge in [0.25, 0.3) is 0 Å². The first-order valence-corrected chi connectivity index (χ1v) is 15.8. The first kappa shape index (κ1) is 29.1. The van der Waals surface area contributed by atoms with Gasteiger partial charge in [0.15, 0.2) is 23.0 Å². The van der Waals surface area contributed by atoms with Gasteiger partial charge in [0.2, 0.25) is 6.79 Å². The lowest BCUT2D eigenvalue weighted by atomic mass is 9.71. The summed E-state index contributed by atoms with van der Waals surface area (Å²) >= 11 is 1.57. The van der Waals surface area contributed by atoms with Gasteiger partial charge in [-0.2, -0.15) is 17.0 Å². The van der Waals surface area contributed by atoms with Crippen LogP contribution < -0.4 is 18.9 Å². The molecule has 2 aromatic rings. The number of hydrogen-bond acceptors (Lipinski definition) is 12. The van der Waals surface area contributed by atoms with E-state index in [1.165, 1.54) is 6.92 Å². The fourth-order valence-electron chi connectivity index (χ4n) is 8.06. The van der Waals surface area contributed by atoms with Crippen LogP contribution in [-0.4, -0.2) is 78.3 Å². The van der Waals surface area contributed by atoms with E-state index in [-0.39, 0.29) is 54.4 Å². The van der Waals surface area contributed by atoms with Crippen molar-refractivity contribution in [2.75, 3.05) is 33.3 Å². The number of aryl methyl sites for hydroxylation is 1. The number of carbonyl (C=O) groups is 2. The maximum atomic E-state index is 13.1. The third-order valence-electron chi connectivity index (χ3n) is 9.86. The number of cyclic esters (lactones) is 1. The summed E-state index contributed by atoms with van der Waals surface area (Å²) in [7, 11) is 3.55. The van der Waals surface area contributed by atoms with Crippen LogP contribution in [0.3, 0.4) is 0 Å². The topological polar surface area (TPSA) is 131 Å². The number of aromatic hydroxyl groups is 1. The summed E-state index contributed by atoms with van der Waals surface area (Å²) < 4.78 is 29.6. The van der Waals surface area contributed by atoms with Crippen molar-refractivity contribution in [3.05, 3.63) is 39.4 Å². The SMILES string of the molecule is COc1c(C)cc2c(c1O)[C@@H]1[C@@H]3[C@H]4SC[C@H](C)C(=O)OC[C@@H](c5c6c(c(C)c(OC(C)=O)c54)OCO6)N3[C@@H](C#N)[C@H](C2)N1C. The Bertz CT molecular complexity index is 1640. The predicted molar refractivity (Wildman–Crippen MR) is 159 cm³/mol. The number of ether oxygens (including phenoxy) is 5. The van der Waals surface area contributed by atoms with Gasteiger partial charge >= 0.3 is 11.9 Å². The van der Waals surface area contributed by atoms with Crippen molar-refractivity contribution in [1.29, 1.82) is 5.26 Å². The molecule has 0 unspecified atom stereocenters. The van der Waals surface area contributed by atoms with Crippen LogP contribution >= 0.6 is 11.8 Å². The summed E-state index contributed by atoms with van der Waals surface area (Å²) in [6, 6.07) is 2.50. The van der Waals surface area contributed by atoms with Crippen molar-refractivity contribution in [3.63, 3.8) is 0 Å². The van der Waals surface area contributed by atoms with E-state index in [9.17, 15) is 20.0 Å². The minimum Gasteiger partial charge on any atom is -0.504 e. The average molecular weight is 622 g/mol. The van der Waals surface area contributed by atoms with Crippen molar-refractivity contribution in [3.8, 4) is 34.8 Å². The molecule has 0 amide bonds.